The first-order valence-corrected chi connectivity index (χ1v) is 9.38. The first-order valence-electron chi connectivity index (χ1n) is 7.60. The fraction of sp³-hybridized carbons (Fsp3) is 0.533. The number of halogens is 1. The van der Waals surface area contributed by atoms with E-state index in [1.54, 1.807) is 23.6 Å². The molecule has 0 aliphatic carbocycles. The van der Waals surface area contributed by atoms with Crippen LogP contribution in [-0.2, 0) is 13.6 Å². The number of aryl methyl sites for hydroxylation is 1. The van der Waals surface area contributed by atoms with Gasteiger partial charge in [-0.1, -0.05) is 27.7 Å². The third-order valence-electron chi connectivity index (χ3n) is 3.08. The van der Waals surface area contributed by atoms with E-state index in [0.29, 0.717) is 6.54 Å². The molecule has 24 heavy (non-hydrogen) atoms. The van der Waals surface area contributed by atoms with Crippen molar-refractivity contribution in [2.45, 2.75) is 31.7 Å². The lowest BCUT2D eigenvalue weighted by atomic mass is 10.1. The summed E-state index contributed by atoms with van der Waals surface area (Å²) in [6.07, 6.45) is 0.0813. The lowest BCUT2D eigenvalue weighted by Crippen LogP contribution is -2.18. The van der Waals surface area contributed by atoms with Gasteiger partial charge in [-0.15, -0.1) is 5.10 Å². The van der Waals surface area contributed by atoms with Crippen molar-refractivity contribution in [3.8, 4) is 11.5 Å². The predicted octanol–water partition coefficient (Wildman–Crippen LogP) is 2.65. The van der Waals surface area contributed by atoms with Gasteiger partial charge in [-0.25, -0.2) is 4.68 Å². The van der Waals surface area contributed by atoms with Crippen molar-refractivity contribution in [2.24, 2.45) is 7.05 Å². The van der Waals surface area contributed by atoms with Crippen molar-refractivity contribution in [1.82, 2.24) is 25.5 Å². The standard InChI is InChI=1S/C15H22BrN5O2S/c1-10(2)23-14-11(7-12(16)8-13(14)22-4)9-17-5-6-24-15-18-19-20-21(15)3/h7-8,10,17H,5-6,9H2,1-4H3. The summed E-state index contributed by atoms with van der Waals surface area (Å²) in [4.78, 5) is 0. The van der Waals surface area contributed by atoms with Crippen molar-refractivity contribution >= 4 is 27.7 Å². The molecule has 7 nitrogen and oxygen atoms in total. The first kappa shape index (κ1) is 19.0. The van der Waals surface area contributed by atoms with Gasteiger partial charge >= 0.3 is 0 Å². The summed E-state index contributed by atoms with van der Waals surface area (Å²) >= 11 is 5.13. The molecule has 132 valence electrons. The number of rotatable bonds is 9. The number of tetrazole rings is 1. The number of ether oxygens (including phenoxy) is 2. The molecule has 0 aliphatic heterocycles. The first-order chi connectivity index (χ1) is 11.5. The minimum atomic E-state index is 0.0813. The Morgan fingerprint density at radius 2 is 2.17 bits per heavy atom. The van der Waals surface area contributed by atoms with Crippen LogP contribution in [0.1, 0.15) is 19.4 Å². The summed E-state index contributed by atoms with van der Waals surface area (Å²) in [6, 6.07) is 3.96. The van der Waals surface area contributed by atoms with E-state index in [-0.39, 0.29) is 6.10 Å². The minimum Gasteiger partial charge on any atom is -0.493 e. The third-order valence-corrected chi connectivity index (χ3v) is 4.55. The highest BCUT2D eigenvalue weighted by molar-refractivity contribution is 9.10. The Labute approximate surface area is 154 Å². The number of hydrogen-bond donors (Lipinski definition) is 1. The van der Waals surface area contributed by atoms with Gasteiger partial charge in [-0.05, 0) is 36.4 Å². The van der Waals surface area contributed by atoms with Crippen molar-refractivity contribution < 1.29 is 9.47 Å². The van der Waals surface area contributed by atoms with Crippen LogP contribution < -0.4 is 14.8 Å². The number of nitrogens with one attached hydrogen (secondary N) is 1. The molecule has 0 unspecified atom stereocenters. The molecule has 0 radical (unpaired) electrons. The molecule has 1 N–H and O–H groups in total. The summed E-state index contributed by atoms with van der Waals surface area (Å²) in [5.74, 6) is 2.39. The fourth-order valence-electron chi connectivity index (χ4n) is 2.06. The van der Waals surface area contributed by atoms with Crippen LogP contribution in [0.2, 0.25) is 0 Å². The molecule has 0 aliphatic rings. The van der Waals surface area contributed by atoms with Gasteiger partial charge in [0, 0.05) is 35.9 Å². The van der Waals surface area contributed by atoms with Crippen LogP contribution in [-0.4, -0.2) is 45.7 Å². The molecule has 0 amide bonds. The van der Waals surface area contributed by atoms with Crippen LogP contribution in [0, 0.1) is 0 Å². The molecule has 0 saturated carbocycles. The molecule has 1 aromatic heterocycles. The van der Waals surface area contributed by atoms with Gasteiger partial charge in [0.2, 0.25) is 5.16 Å². The highest BCUT2D eigenvalue weighted by Crippen LogP contribution is 2.35. The summed E-state index contributed by atoms with van der Waals surface area (Å²) in [6.45, 7) is 5.53. The minimum absolute atomic E-state index is 0.0813. The second-order valence-corrected chi connectivity index (χ2v) is 7.35. The number of benzene rings is 1. The van der Waals surface area contributed by atoms with Crippen molar-refractivity contribution in [3.05, 3.63) is 22.2 Å². The quantitative estimate of drug-likeness (QED) is 0.498. The Morgan fingerprint density at radius 1 is 1.38 bits per heavy atom. The normalized spacial score (nSPS) is 11.1. The second-order valence-electron chi connectivity index (χ2n) is 5.37. The van der Waals surface area contributed by atoms with Crippen molar-refractivity contribution in [1.29, 1.82) is 0 Å². The van der Waals surface area contributed by atoms with E-state index >= 15 is 0 Å². The number of aromatic nitrogens is 4. The summed E-state index contributed by atoms with van der Waals surface area (Å²) in [7, 11) is 3.48. The number of nitrogens with zero attached hydrogens (tertiary/aromatic N) is 4. The van der Waals surface area contributed by atoms with Crippen LogP contribution in [0.3, 0.4) is 0 Å². The summed E-state index contributed by atoms with van der Waals surface area (Å²) in [5.41, 5.74) is 1.06. The van der Waals surface area contributed by atoms with Gasteiger partial charge in [0.1, 0.15) is 0 Å². The van der Waals surface area contributed by atoms with E-state index in [0.717, 1.165) is 39.0 Å². The Bertz CT molecular complexity index is 665. The van der Waals surface area contributed by atoms with Crippen LogP contribution in [0.5, 0.6) is 11.5 Å². The smallest absolute Gasteiger partial charge is 0.209 e. The Kier molecular flexibility index (Phi) is 7.32. The van der Waals surface area contributed by atoms with E-state index in [4.69, 9.17) is 9.47 Å². The fourth-order valence-corrected chi connectivity index (χ4v) is 3.29. The van der Waals surface area contributed by atoms with Gasteiger partial charge in [0.05, 0.1) is 13.2 Å². The molecule has 0 saturated heterocycles. The molecule has 0 atom stereocenters. The molecular weight excluding hydrogens is 394 g/mol. The summed E-state index contributed by atoms with van der Waals surface area (Å²) < 4.78 is 14.0. The zero-order valence-corrected chi connectivity index (χ0v) is 16.6. The number of thioether (sulfide) groups is 1. The maximum atomic E-state index is 5.93. The SMILES string of the molecule is COc1cc(Br)cc(CNCCSc2nnnn2C)c1OC(C)C. The van der Waals surface area contributed by atoms with E-state index in [9.17, 15) is 0 Å². The maximum Gasteiger partial charge on any atom is 0.209 e. The zero-order chi connectivity index (χ0) is 17.5. The lowest BCUT2D eigenvalue weighted by Gasteiger charge is -2.18. The van der Waals surface area contributed by atoms with Crippen molar-refractivity contribution in [2.75, 3.05) is 19.4 Å². The van der Waals surface area contributed by atoms with Crippen LogP contribution >= 0.6 is 27.7 Å². The average molecular weight is 416 g/mol. The van der Waals surface area contributed by atoms with E-state index in [2.05, 4.69) is 36.8 Å². The average Bonchev–Trinajstić information content (AvgIpc) is 2.94. The molecule has 2 aromatic rings. The van der Waals surface area contributed by atoms with E-state index in [1.165, 1.54) is 0 Å². The van der Waals surface area contributed by atoms with E-state index < -0.39 is 0 Å². The van der Waals surface area contributed by atoms with E-state index in [1.807, 2.05) is 33.0 Å². The molecule has 0 fully saturated rings. The van der Waals surface area contributed by atoms with Gasteiger partial charge in [0.25, 0.3) is 0 Å². The van der Waals surface area contributed by atoms with Gasteiger partial charge in [0.15, 0.2) is 11.5 Å². The Morgan fingerprint density at radius 3 is 2.79 bits per heavy atom. The lowest BCUT2D eigenvalue weighted by molar-refractivity contribution is 0.227. The Balaban J connectivity index is 1.93. The monoisotopic (exact) mass is 415 g/mol. The second kappa shape index (κ2) is 9.24. The van der Waals surface area contributed by atoms with Gasteiger partial charge in [-0.3, -0.25) is 0 Å². The van der Waals surface area contributed by atoms with Gasteiger partial charge < -0.3 is 14.8 Å². The highest BCUT2D eigenvalue weighted by atomic mass is 79.9. The van der Waals surface area contributed by atoms with Crippen LogP contribution in [0.4, 0.5) is 0 Å². The molecule has 1 aromatic carbocycles. The largest absolute Gasteiger partial charge is 0.493 e. The summed E-state index contributed by atoms with van der Waals surface area (Å²) in [5, 5.41) is 15.6. The molecular formula is C15H22BrN5O2S. The number of methoxy groups -OCH3 is 1. The van der Waals surface area contributed by atoms with Crippen LogP contribution in [0.25, 0.3) is 0 Å². The third kappa shape index (κ3) is 5.35. The van der Waals surface area contributed by atoms with Gasteiger partial charge in [-0.2, -0.15) is 0 Å². The van der Waals surface area contributed by atoms with Crippen molar-refractivity contribution in [3.63, 3.8) is 0 Å². The maximum absolute atomic E-state index is 5.93. The number of hydrogen-bond acceptors (Lipinski definition) is 7. The molecule has 9 heteroatoms. The topological polar surface area (TPSA) is 74.1 Å². The molecule has 0 spiro atoms. The highest BCUT2D eigenvalue weighted by Gasteiger charge is 2.14. The molecule has 1 heterocycles. The molecule has 2 rings (SSSR count). The predicted molar refractivity (Wildman–Crippen MR) is 97.7 cm³/mol. The Hall–Kier alpha value is -1.32. The zero-order valence-electron chi connectivity index (χ0n) is 14.2. The molecule has 0 bridgehead atoms. The van der Waals surface area contributed by atoms with Crippen LogP contribution in [0.15, 0.2) is 21.8 Å².